The second-order valence-corrected chi connectivity index (χ2v) is 4.38. The number of nitrogens with zero attached hydrogens (tertiary/aromatic N) is 3. The largest absolute Gasteiger partial charge is 0.304 e. The van der Waals surface area contributed by atoms with Crippen molar-refractivity contribution in [3.8, 4) is 5.69 Å². The van der Waals surface area contributed by atoms with Crippen LogP contribution >= 0.6 is 0 Å². The first-order valence-corrected chi connectivity index (χ1v) is 6.20. The van der Waals surface area contributed by atoms with Crippen molar-refractivity contribution in [1.82, 2.24) is 25.0 Å². The van der Waals surface area contributed by atoms with Crippen LogP contribution in [0.25, 0.3) is 5.69 Å². The SMILES string of the molecule is Cc1c(NC(=O)c2ncn[nH]2)[nH]n(-c2ccccc2)c1=O. The van der Waals surface area contributed by atoms with Gasteiger partial charge in [-0.1, -0.05) is 18.2 Å². The van der Waals surface area contributed by atoms with E-state index in [-0.39, 0.29) is 11.4 Å². The lowest BCUT2D eigenvalue weighted by atomic mass is 10.3. The maximum absolute atomic E-state index is 12.2. The van der Waals surface area contributed by atoms with Gasteiger partial charge in [-0.25, -0.2) is 9.67 Å². The number of nitrogens with one attached hydrogen (secondary N) is 3. The Morgan fingerprint density at radius 3 is 2.71 bits per heavy atom. The van der Waals surface area contributed by atoms with Gasteiger partial charge in [0.1, 0.15) is 12.1 Å². The zero-order valence-electron chi connectivity index (χ0n) is 11.1. The highest BCUT2D eigenvalue weighted by Crippen LogP contribution is 2.11. The lowest BCUT2D eigenvalue weighted by Crippen LogP contribution is -2.15. The second kappa shape index (κ2) is 5.08. The summed E-state index contributed by atoms with van der Waals surface area (Å²) in [5.74, 6) is -0.0787. The highest BCUT2D eigenvalue weighted by atomic mass is 16.2. The summed E-state index contributed by atoms with van der Waals surface area (Å²) < 4.78 is 1.37. The van der Waals surface area contributed by atoms with E-state index in [0.29, 0.717) is 17.1 Å². The predicted molar refractivity (Wildman–Crippen MR) is 75.5 cm³/mol. The monoisotopic (exact) mass is 284 g/mol. The molecule has 0 radical (unpaired) electrons. The smallest absolute Gasteiger partial charge is 0.294 e. The molecule has 0 saturated heterocycles. The molecule has 21 heavy (non-hydrogen) atoms. The Labute approximate surface area is 118 Å². The number of carbonyl (C=O) groups is 1. The van der Waals surface area contributed by atoms with Gasteiger partial charge in [0.05, 0.1) is 11.3 Å². The zero-order valence-corrected chi connectivity index (χ0v) is 11.1. The third-order valence-corrected chi connectivity index (χ3v) is 3.01. The zero-order chi connectivity index (χ0) is 14.8. The molecule has 2 aromatic heterocycles. The molecule has 0 spiro atoms. The molecule has 8 heteroatoms. The average molecular weight is 284 g/mol. The van der Waals surface area contributed by atoms with Gasteiger partial charge < -0.3 is 5.32 Å². The molecular weight excluding hydrogens is 272 g/mol. The molecule has 0 unspecified atom stereocenters. The molecule has 0 bridgehead atoms. The maximum Gasteiger partial charge on any atom is 0.294 e. The van der Waals surface area contributed by atoms with Crippen molar-refractivity contribution in [2.24, 2.45) is 0 Å². The molecule has 3 N–H and O–H groups in total. The van der Waals surface area contributed by atoms with Gasteiger partial charge in [-0.05, 0) is 19.1 Å². The number of aromatic amines is 2. The first kappa shape index (κ1) is 12.9. The minimum absolute atomic E-state index is 0.0720. The van der Waals surface area contributed by atoms with Crippen LogP contribution in [0.15, 0.2) is 41.5 Å². The lowest BCUT2D eigenvalue weighted by Gasteiger charge is -2.02. The van der Waals surface area contributed by atoms with Gasteiger partial charge in [0.25, 0.3) is 11.5 Å². The first-order valence-electron chi connectivity index (χ1n) is 6.20. The van der Waals surface area contributed by atoms with E-state index in [4.69, 9.17) is 0 Å². The molecule has 0 fully saturated rings. The van der Waals surface area contributed by atoms with Crippen LogP contribution in [0.2, 0.25) is 0 Å². The summed E-state index contributed by atoms with van der Waals surface area (Å²) in [5.41, 5.74) is 0.867. The number of hydrogen-bond acceptors (Lipinski definition) is 4. The van der Waals surface area contributed by atoms with Crippen molar-refractivity contribution in [1.29, 1.82) is 0 Å². The van der Waals surface area contributed by atoms with E-state index >= 15 is 0 Å². The van der Waals surface area contributed by atoms with E-state index < -0.39 is 5.91 Å². The van der Waals surface area contributed by atoms with Gasteiger partial charge in [0.2, 0.25) is 5.82 Å². The number of para-hydroxylation sites is 1. The van der Waals surface area contributed by atoms with Crippen LogP contribution < -0.4 is 10.9 Å². The quantitative estimate of drug-likeness (QED) is 0.662. The molecule has 0 atom stereocenters. The number of rotatable bonds is 3. The Kier molecular flexibility index (Phi) is 3.11. The molecule has 2 heterocycles. The summed E-state index contributed by atoms with van der Waals surface area (Å²) in [6.45, 7) is 1.63. The molecule has 0 aliphatic rings. The molecule has 3 aromatic rings. The van der Waals surface area contributed by atoms with Crippen molar-refractivity contribution in [3.63, 3.8) is 0 Å². The Morgan fingerprint density at radius 2 is 2.05 bits per heavy atom. The molecule has 3 rings (SSSR count). The molecule has 8 nitrogen and oxygen atoms in total. The molecule has 0 saturated carbocycles. The summed E-state index contributed by atoms with van der Waals surface area (Å²) in [4.78, 5) is 27.9. The van der Waals surface area contributed by atoms with Crippen LogP contribution in [-0.2, 0) is 0 Å². The Morgan fingerprint density at radius 1 is 1.29 bits per heavy atom. The van der Waals surface area contributed by atoms with Gasteiger partial charge in [-0.15, -0.1) is 0 Å². The third kappa shape index (κ3) is 2.34. The number of amides is 1. The summed E-state index contributed by atoms with van der Waals surface area (Å²) >= 11 is 0. The Bertz CT molecular complexity index is 816. The minimum atomic E-state index is -0.475. The Hall–Kier alpha value is -3.16. The second-order valence-electron chi connectivity index (χ2n) is 4.38. The van der Waals surface area contributed by atoms with E-state index in [1.165, 1.54) is 11.0 Å². The lowest BCUT2D eigenvalue weighted by molar-refractivity contribution is 0.101. The average Bonchev–Trinajstić information content (AvgIpc) is 3.13. The van der Waals surface area contributed by atoms with Crippen LogP contribution in [0, 0.1) is 6.92 Å². The fourth-order valence-corrected chi connectivity index (χ4v) is 1.89. The molecule has 0 aliphatic carbocycles. The fourth-order valence-electron chi connectivity index (χ4n) is 1.89. The molecule has 106 valence electrons. The molecule has 1 aromatic carbocycles. The maximum atomic E-state index is 12.2. The summed E-state index contributed by atoms with van der Waals surface area (Å²) in [7, 11) is 0. The van der Waals surface area contributed by atoms with E-state index in [2.05, 4.69) is 25.6 Å². The first-order chi connectivity index (χ1) is 10.2. The highest BCUT2D eigenvalue weighted by Gasteiger charge is 2.15. The van der Waals surface area contributed by atoms with Gasteiger partial charge in [0.15, 0.2) is 0 Å². The van der Waals surface area contributed by atoms with E-state index in [1.807, 2.05) is 18.2 Å². The van der Waals surface area contributed by atoms with Crippen molar-refractivity contribution in [3.05, 3.63) is 58.4 Å². The van der Waals surface area contributed by atoms with Gasteiger partial charge in [0, 0.05) is 0 Å². The summed E-state index contributed by atoms with van der Waals surface area (Å²) in [5, 5.41) is 11.5. The van der Waals surface area contributed by atoms with Crippen molar-refractivity contribution >= 4 is 11.7 Å². The summed E-state index contributed by atoms with van der Waals surface area (Å²) in [6.07, 6.45) is 1.24. The Balaban J connectivity index is 1.95. The molecule has 0 aliphatic heterocycles. The van der Waals surface area contributed by atoms with Gasteiger partial charge in [-0.3, -0.25) is 19.8 Å². The fraction of sp³-hybridized carbons (Fsp3) is 0.0769. The predicted octanol–water partition coefficient (Wildman–Crippen LogP) is 0.844. The normalized spacial score (nSPS) is 10.5. The van der Waals surface area contributed by atoms with E-state index in [9.17, 15) is 9.59 Å². The number of carbonyl (C=O) groups excluding carboxylic acids is 1. The van der Waals surface area contributed by atoms with E-state index in [1.54, 1.807) is 19.1 Å². The highest BCUT2D eigenvalue weighted by molar-refractivity contribution is 6.01. The number of H-pyrrole nitrogens is 2. The standard InChI is InChI=1S/C13H12N6O2/c1-8-10(16-12(20)11-14-7-15-17-11)18-19(13(8)21)9-5-3-2-4-6-9/h2-7,18H,1H3,(H,16,20)(H,14,15,17). The topological polar surface area (TPSA) is 108 Å². The third-order valence-electron chi connectivity index (χ3n) is 3.01. The number of benzene rings is 1. The van der Waals surface area contributed by atoms with Crippen LogP contribution in [0.1, 0.15) is 16.2 Å². The number of anilines is 1. The van der Waals surface area contributed by atoms with E-state index in [0.717, 1.165) is 0 Å². The minimum Gasteiger partial charge on any atom is -0.304 e. The van der Waals surface area contributed by atoms with Crippen LogP contribution in [-0.4, -0.2) is 30.9 Å². The number of hydrogen-bond donors (Lipinski definition) is 3. The summed E-state index contributed by atoms with van der Waals surface area (Å²) in [6, 6.07) is 9.09. The van der Waals surface area contributed by atoms with Crippen LogP contribution in [0.4, 0.5) is 5.82 Å². The van der Waals surface area contributed by atoms with Crippen molar-refractivity contribution in [2.75, 3.05) is 5.32 Å². The number of aromatic nitrogens is 5. The van der Waals surface area contributed by atoms with Crippen LogP contribution in [0.3, 0.4) is 0 Å². The van der Waals surface area contributed by atoms with Gasteiger partial charge in [-0.2, -0.15) is 5.10 Å². The van der Waals surface area contributed by atoms with Crippen molar-refractivity contribution in [2.45, 2.75) is 6.92 Å². The van der Waals surface area contributed by atoms with Gasteiger partial charge >= 0.3 is 0 Å². The molecular formula is C13H12N6O2. The van der Waals surface area contributed by atoms with Crippen molar-refractivity contribution < 1.29 is 4.79 Å². The van der Waals surface area contributed by atoms with Crippen LogP contribution in [0.5, 0.6) is 0 Å². The molecule has 1 amide bonds.